The van der Waals surface area contributed by atoms with Crippen molar-refractivity contribution in [2.45, 2.75) is 0 Å². The Morgan fingerprint density at radius 3 is 1.20 bits per heavy atom. The maximum atomic E-state index is 9.36. The summed E-state index contributed by atoms with van der Waals surface area (Å²) in [4.78, 5) is 15.0. The Bertz CT molecular complexity index is 3260. The molecule has 10 aromatic rings. The van der Waals surface area contributed by atoms with Crippen LogP contribution in [0.25, 0.3) is 95.0 Å². The normalized spacial score (nSPS) is 13.3. The molecule has 0 N–H and O–H groups in total. The van der Waals surface area contributed by atoms with Gasteiger partial charge in [0, 0.05) is 33.0 Å². The highest BCUT2D eigenvalue weighted by Gasteiger charge is 2.22. The van der Waals surface area contributed by atoms with Crippen LogP contribution in [0.3, 0.4) is 0 Å². The zero-order valence-corrected chi connectivity index (χ0v) is 29.3. The molecule has 55 heavy (non-hydrogen) atoms. The van der Waals surface area contributed by atoms with Crippen LogP contribution in [0.5, 0.6) is 0 Å². The summed E-state index contributed by atoms with van der Waals surface area (Å²) >= 11 is 0. The van der Waals surface area contributed by atoms with E-state index in [0.29, 0.717) is 28.5 Å². The van der Waals surface area contributed by atoms with Gasteiger partial charge in [-0.3, -0.25) is 0 Å². The van der Waals surface area contributed by atoms with Crippen LogP contribution < -0.4 is 0 Å². The Balaban J connectivity index is 1.29. The topological polar surface area (TPSA) is 43.6 Å². The third-order valence-electron chi connectivity index (χ3n) is 9.75. The van der Waals surface area contributed by atoms with Gasteiger partial charge in [-0.2, -0.15) is 0 Å². The second-order valence-electron chi connectivity index (χ2n) is 13.0. The molecule has 0 radical (unpaired) electrons. The Hall–Kier alpha value is -7.43. The summed E-state index contributed by atoms with van der Waals surface area (Å²) in [5, 5.41) is -0.0488. The van der Waals surface area contributed by atoms with Gasteiger partial charge in [0.25, 0.3) is 0 Å². The van der Waals surface area contributed by atoms with E-state index in [-0.39, 0.29) is 27.6 Å². The molecular weight excluding hydrogens is 669 g/mol. The molecule has 0 saturated heterocycles. The third-order valence-corrected chi connectivity index (χ3v) is 9.75. The van der Waals surface area contributed by atoms with Crippen LogP contribution in [0.2, 0.25) is 0 Å². The first-order valence-corrected chi connectivity index (χ1v) is 17.9. The average Bonchev–Trinajstić information content (AvgIpc) is 3.70. The molecule has 4 heteroatoms. The van der Waals surface area contributed by atoms with Crippen molar-refractivity contribution < 1.29 is 11.0 Å². The van der Waals surface area contributed by atoms with Gasteiger partial charge in [-0.25, -0.2) is 15.0 Å². The maximum Gasteiger partial charge on any atom is 0.166 e. The largest absolute Gasteiger partial charge is 0.308 e. The summed E-state index contributed by atoms with van der Waals surface area (Å²) < 4.78 is 73.5. The zero-order valence-electron chi connectivity index (χ0n) is 37.3. The smallest absolute Gasteiger partial charge is 0.166 e. The first kappa shape index (κ1) is 24.7. The van der Waals surface area contributed by atoms with Crippen molar-refractivity contribution in [2.24, 2.45) is 0 Å². The Morgan fingerprint density at radius 1 is 0.327 bits per heavy atom. The molecule has 0 unspecified atom stereocenters. The minimum atomic E-state index is -0.516. The lowest BCUT2D eigenvalue weighted by molar-refractivity contribution is 1.06. The zero-order chi connectivity index (χ0) is 43.5. The number of benzene rings is 8. The van der Waals surface area contributed by atoms with E-state index in [0.717, 1.165) is 38.9 Å². The van der Waals surface area contributed by atoms with Gasteiger partial charge in [-0.15, -0.1) is 0 Å². The molecule has 258 valence electrons. The predicted octanol–water partition coefficient (Wildman–Crippen LogP) is 13.0. The van der Waals surface area contributed by atoms with Crippen molar-refractivity contribution in [3.8, 4) is 73.2 Å². The van der Waals surface area contributed by atoms with Gasteiger partial charge < -0.3 is 4.57 Å². The number of para-hydroxylation sites is 3. The summed E-state index contributed by atoms with van der Waals surface area (Å²) in [5.74, 6) is 1.03. The van der Waals surface area contributed by atoms with Crippen molar-refractivity contribution in [3.63, 3.8) is 0 Å². The van der Waals surface area contributed by atoms with E-state index < -0.39 is 48.3 Å². The summed E-state index contributed by atoms with van der Waals surface area (Å²) in [6.45, 7) is 0. The SMILES string of the molecule is [2H]c1c([2H])c([2H])c2c(c1[2H])c1c([2H])c([2H])c([2H])c([2H])c1n2-c1c(-c2ccc(-c3ccc(-c4ccccc4)cc3)cc2)cccc1-c1nc(-c2ccccc2)nc(-c2ccccc2)n1. The van der Waals surface area contributed by atoms with E-state index in [2.05, 4.69) is 36.4 Å². The lowest BCUT2D eigenvalue weighted by Crippen LogP contribution is -2.05. The van der Waals surface area contributed by atoms with Gasteiger partial charge in [0.2, 0.25) is 0 Å². The first-order valence-electron chi connectivity index (χ1n) is 21.9. The van der Waals surface area contributed by atoms with Crippen LogP contribution in [-0.2, 0) is 0 Å². The summed E-state index contributed by atoms with van der Waals surface area (Å²) in [6.07, 6.45) is 0. The van der Waals surface area contributed by atoms with E-state index in [1.807, 2.05) is 121 Å². The number of hydrogen-bond donors (Lipinski definition) is 0. The average molecular weight is 711 g/mol. The Kier molecular flexibility index (Phi) is 6.23. The summed E-state index contributed by atoms with van der Waals surface area (Å²) in [5.41, 5.74) is 7.78. The Morgan fingerprint density at radius 2 is 0.709 bits per heavy atom. The lowest BCUT2D eigenvalue weighted by Gasteiger charge is -2.19. The molecule has 4 nitrogen and oxygen atoms in total. The van der Waals surface area contributed by atoms with Crippen LogP contribution in [-0.4, -0.2) is 19.5 Å². The number of rotatable bonds is 7. The minimum Gasteiger partial charge on any atom is -0.308 e. The third kappa shape index (κ3) is 5.96. The van der Waals surface area contributed by atoms with Crippen LogP contribution in [0.1, 0.15) is 11.0 Å². The van der Waals surface area contributed by atoms with Crippen LogP contribution in [0.4, 0.5) is 0 Å². The van der Waals surface area contributed by atoms with Crippen LogP contribution >= 0.6 is 0 Å². The van der Waals surface area contributed by atoms with Gasteiger partial charge in [0.1, 0.15) is 0 Å². The van der Waals surface area contributed by atoms with E-state index in [1.165, 1.54) is 0 Å². The van der Waals surface area contributed by atoms with Crippen molar-refractivity contribution in [2.75, 3.05) is 0 Å². The Labute approximate surface area is 331 Å². The number of fused-ring (bicyclic) bond motifs is 3. The molecule has 0 bridgehead atoms. The van der Waals surface area contributed by atoms with E-state index in [4.69, 9.17) is 23.2 Å². The highest BCUT2D eigenvalue weighted by atomic mass is 15.1. The molecule has 0 fully saturated rings. The number of hydrogen-bond acceptors (Lipinski definition) is 3. The molecule has 0 atom stereocenters. The van der Waals surface area contributed by atoms with Crippen LogP contribution in [0, 0.1) is 0 Å². The molecule has 0 aliphatic heterocycles. The van der Waals surface area contributed by atoms with E-state index in [1.54, 1.807) is 4.57 Å². The molecule has 0 saturated carbocycles. The summed E-state index contributed by atoms with van der Waals surface area (Å²) in [6, 6.07) is 47.4. The second-order valence-corrected chi connectivity index (χ2v) is 13.0. The molecule has 0 amide bonds. The van der Waals surface area contributed by atoms with Crippen molar-refractivity contribution in [3.05, 3.63) is 206 Å². The van der Waals surface area contributed by atoms with Crippen molar-refractivity contribution in [1.29, 1.82) is 0 Å². The van der Waals surface area contributed by atoms with Crippen LogP contribution in [0.15, 0.2) is 206 Å². The van der Waals surface area contributed by atoms with E-state index >= 15 is 0 Å². The lowest BCUT2D eigenvalue weighted by atomic mass is 9.95. The molecule has 0 aliphatic carbocycles. The monoisotopic (exact) mass is 710 g/mol. The van der Waals surface area contributed by atoms with Gasteiger partial charge in [0.05, 0.1) is 27.7 Å². The predicted molar refractivity (Wildman–Crippen MR) is 227 cm³/mol. The first-order chi connectivity index (χ1) is 30.6. The molecule has 0 aliphatic rings. The fourth-order valence-corrected chi connectivity index (χ4v) is 7.10. The fourth-order valence-electron chi connectivity index (χ4n) is 7.10. The highest BCUT2D eigenvalue weighted by molar-refractivity contribution is 6.10. The second kappa shape index (κ2) is 13.8. The number of nitrogens with zero attached hydrogens (tertiary/aromatic N) is 4. The van der Waals surface area contributed by atoms with E-state index in [9.17, 15) is 2.74 Å². The minimum absolute atomic E-state index is 0.00699. The molecule has 2 aromatic heterocycles. The van der Waals surface area contributed by atoms with Gasteiger partial charge in [-0.1, -0.05) is 188 Å². The van der Waals surface area contributed by atoms with Crippen molar-refractivity contribution >= 4 is 21.8 Å². The van der Waals surface area contributed by atoms with Gasteiger partial charge in [-0.05, 0) is 46.0 Å². The molecule has 0 spiro atoms. The molecule has 10 rings (SSSR count). The fraction of sp³-hybridized carbons (Fsp3) is 0. The maximum absolute atomic E-state index is 9.36. The molecule has 8 aromatic carbocycles. The number of aromatic nitrogens is 4. The molecular formula is C51H34N4. The molecule has 2 heterocycles. The van der Waals surface area contributed by atoms with Gasteiger partial charge in [0.15, 0.2) is 17.5 Å². The quantitative estimate of drug-likeness (QED) is 0.165. The highest BCUT2D eigenvalue weighted by Crippen LogP contribution is 2.41. The summed E-state index contributed by atoms with van der Waals surface area (Å²) in [7, 11) is 0. The standard InChI is InChI=1S/C51H34N4/c1-4-15-35(16-5-1)36-27-29-37(30-28-36)38-31-33-39(34-32-38)42-23-14-24-45(48(42)55-46-25-12-10-21-43(46)44-22-11-13-26-47(44)55)51-53-49(40-17-6-2-7-18-40)52-50(54-51)41-19-8-3-9-20-41/h1-34H/i10D,11D,12D,13D,21D,22D,25D,26D. The van der Waals surface area contributed by atoms with Gasteiger partial charge >= 0.3 is 0 Å². The van der Waals surface area contributed by atoms with Crippen molar-refractivity contribution in [1.82, 2.24) is 19.5 Å².